The molecule has 2 N–H and O–H groups in total. The lowest BCUT2D eigenvalue weighted by Gasteiger charge is -2.62. The van der Waals surface area contributed by atoms with E-state index < -0.39 is 17.1 Å². The number of benzene rings is 3. The number of nitrogens with one attached hydrogen (secondary N) is 1. The van der Waals surface area contributed by atoms with Gasteiger partial charge in [-0.25, -0.2) is 0 Å². The second kappa shape index (κ2) is 10.2. The van der Waals surface area contributed by atoms with Crippen LogP contribution in [-0.2, 0) is 23.1 Å². The molecule has 3 aromatic carbocycles. The van der Waals surface area contributed by atoms with Crippen LogP contribution in [0.1, 0.15) is 64.7 Å². The summed E-state index contributed by atoms with van der Waals surface area (Å²) in [6.07, 6.45) is 4.70. The van der Waals surface area contributed by atoms with Gasteiger partial charge in [-0.1, -0.05) is 36.4 Å². The van der Waals surface area contributed by atoms with Gasteiger partial charge in [0.1, 0.15) is 11.5 Å². The Morgan fingerprint density at radius 2 is 1.89 bits per heavy atom. The lowest BCUT2D eigenvalue weighted by atomic mass is 9.49. The van der Waals surface area contributed by atoms with Crippen LogP contribution >= 0.6 is 0 Å². The van der Waals surface area contributed by atoms with Crippen molar-refractivity contribution in [2.75, 3.05) is 26.7 Å². The second-order valence-electron chi connectivity index (χ2n) is 13.6. The normalized spacial score (nSPS) is 28.3. The Kier molecular flexibility index (Phi) is 6.44. The van der Waals surface area contributed by atoms with Crippen LogP contribution in [0.25, 0.3) is 11.1 Å². The highest BCUT2D eigenvalue weighted by molar-refractivity contribution is 5.99. The van der Waals surface area contributed by atoms with E-state index >= 15 is 0 Å². The summed E-state index contributed by atoms with van der Waals surface area (Å²) in [5.74, 6) is 1.97. The zero-order valence-corrected chi connectivity index (χ0v) is 25.5. The molecule has 2 saturated carbocycles. The second-order valence-corrected chi connectivity index (χ2v) is 13.6. The number of aliphatic hydroxyl groups is 1. The third-order valence-electron chi connectivity index (χ3n) is 11.2. The van der Waals surface area contributed by atoms with Crippen LogP contribution in [0.15, 0.2) is 54.6 Å². The first-order valence-electron chi connectivity index (χ1n) is 16.2. The lowest BCUT2D eigenvalue weighted by Crippen LogP contribution is -2.76. The van der Waals surface area contributed by atoms with E-state index in [1.807, 2.05) is 25.1 Å². The van der Waals surface area contributed by atoms with Gasteiger partial charge in [0.25, 0.3) is 5.91 Å². The summed E-state index contributed by atoms with van der Waals surface area (Å²) in [7, 11) is 1.68. The highest BCUT2D eigenvalue weighted by atomic mass is 16.5. The molecule has 3 aromatic rings. The number of piperidine rings is 1. The van der Waals surface area contributed by atoms with Gasteiger partial charge in [-0.3, -0.25) is 14.5 Å². The van der Waals surface area contributed by atoms with Gasteiger partial charge in [0, 0.05) is 31.1 Å². The molecule has 7 nitrogen and oxygen atoms in total. The number of aryl methyl sites for hydroxylation is 1. The molecular formula is C37H40N2O5. The maximum Gasteiger partial charge on any atom is 0.255 e. The van der Waals surface area contributed by atoms with Crippen molar-refractivity contribution in [1.82, 2.24) is 10.2 Å². The van der Waals surface area contributed by atoms with Crippen LogP contribution in [-0.4, -0.2) is 66.2 Å². The van der Waals surface area contributed by atoms with Crippen molar-refractivity contribution in [2.45, 2.75) is 75.0 Å². The summed E-state index contributed by atoms with van der Waals surface area (Å²) in [5, 5.41) is 15.6. The largest absolute Gasteiger partial charge is 0.496 e. The van der Waals surface area contributed by atoms with Crippen LogP contribution in [0, 0.1) is 12.8 Å². The van der Waals surface area contributed by atoms with Gasteiger partial charge in [-0.15, -0.1) is 0 Å². The molecule has 2 heterocycles. The number of carbonyl (C=O) groups excluding carboxylic acids is 2. The van der Waals surface area contributed by atoms with Gasteiger partial charge in [0.2, 0.25) is 0 Å². The topological polar surface area (TPSA) is 88.1 Å². The van der Waals surface area contributed by atoms with Gasteiger partial charge in [-0.2, -0.15) is 0 Å². The van der Waals surface area contributed by atoms with Crippen molar-refractivity contribution >= 4 is 11.7 Å². The number of hydrogen-bond donors (Lipinski definition) is 2. The van der Waals surface area contributed by atoms with Gasteiger partial charge in [0.05, 0.1) is 23.7 Å². The van der Waals surface area contributed by atoms with E-state index in [1.54, 1.807) is 7.11 Å². The molecular weight excluding hydrogens is 552 g/mol. The molecule has 3 fully saturated rings. The fourth-order valence-electron chi connectivity index (χ4n) is 8.79. The molecule has 1 amide bonds. The standard InChI is InChI=1S/C37H40N2O5/c1-22-19-26(10-12-30(22)43-2)25-7-5-23(6-8-25)14-17-38-35(41)28-11-9-27-20-31-37(42)15-13-29(40)34-36(37,32(27)33(28)44-34)16-18-39(31)21-24-3-4-24/h5-12,19,24,31,34,42H,3-4,13-18,20-21H2,1-2H3,(H,38,41)/t31-,34?,36+,37-/m1/s1. The van der Waals surface area contributed by atoms with E-state index in [0.29, 0.717) is 43.5 Å². The number of carbonyl (C=O) groups is 2. The minimum Gasteiger partial charge on any atom is -0.496 e. The highest BCUT2D eigenvalue weighted by Gasteiger charge is 2.73. The SMILES string of the molecule is COc1ccc(-c2ccc(CCNC(=O)c3ccc4c5c3OC3C(=O)CC[C@@]6(O)[C@@H](C4)N(CC4CC4)CC[C@]536)cc2)cc1C. The minimum absolute atomic E-state index is 0.0192. The fraction of sp³-hybridized carbons (Fsp3) is 0.459. The Balaban J connectivity index is 1.01. The lowest BCUT2D eigenvalue weighted by molar-refractivity contribution is -0.188. The van der Waals surface area contributed by atoms with Crippen molar-refractivity contribution in [3.05, 3.63) is 82.4 Å². The number of rotatable bonds is 8. The molecule has 44 heavy (non-hydrogen) atoms. The van der Waals surface area contributed by atoms with E-state index in [4.69, 9.17) is 9.47 Å². The molecule has 8 rings (SSSR count). The van der Waals surface area contributed by atoms with Gasteiger partial charge in [-0.05, 0) is 104 Å². The molecule has 7 heteroatoms. The van der Waals surface area contributed by atoms with Crippen LogP contribution in [0.3, 0.4) is 0 Å². The van der Waals surface area contributed by atoms with Crippen molar-refractivity contribution in [3.8, 4) is 22.6 Å². The number of Topliss-reactive ketones (excluding diaryl/α,β-unsaturated/α-hetero) is 1. The Bertz CT molecular complexity index is 1660. The van der Waals surface area contributed by atoms with E-state index in [9.17, 15) is 14.7 Å². The molecule has 228 valence electrons. The van der Waals surface area contributed by atoms with E-state index in [2.05, 4.69) is 46.6 Å². The molecule has 2 aliphatic heterocycles. The van der Waals surface area contributed by atoms with Crippen LogP contribution in [0.4, 0.5) is 0 Å². The highest BCUT2D eigenvalue weighted by Crippen LogP contribution is 2.64. The first kappa shape index (κ1) is 27.8. The summed E-state index contributed by atoms with van der Waals surface area (Å²) in [5.41, 5.74) is 5.22. The molecule has 4 atom stereocenters. The van der Waals surface area contributed by atoms with Gasteiger partial charge >= 0.3 is 0 Å². The number of amides is 1. The van der Waals surface area contributed by atoms with E-state index in [0.717, 1.165) is 64.6 Å². The van der Waals surface area contributed by atoms with Gasteiger partial charge in [0.15, 0.2) is 11.9 Å². The van der Waals surface area contributed by atoms with Crippen LogP contribution in [0.5, 0.6) is 11.5 Å². The predicted molar refractivity (Wildman–Crippen MR) is 167 cm³/mol. The maximum atomic E-state index is 13.6. The average molecular weight is 593 g/mol. The number of ketones is 1. The smallest absolute Gasteiger partial charge is 0.255 e. The zero-order valence-electron chi connectivity index (χ0n) is 25.5. The van der Waals surface area contributed by atoms with Crippen molar-refractivity contribution < 1.29 is 24.2 Å². The maximum absolute atomic E-state index is 13.6. The fourth-order valence-corrected chi connectivity index (χ4v) is 8.79. The molecule has 5 aliphatic rings. The van der Waals surface area contributed by atoms with Crippen molar-refractivity contribution in [1.29, 1.82) is 0 Å². The number of likely N-dealkylation sites (tertiary alicyclic amines) is 1. The van der Waals surface area contributed by atoms with Gasteiger partial charge < -0.3 is 19.9 Å². The van der Waals surface area contributed by atoms with Crippen LogP contribution < -0.4 is 14.8 Å². The molecule has 3 aliphatic carbocycles. The minimum atomic E-state index is -1.03. The number of methoxy groups -OCH3 is 1. The Morgan fingerprint density at radius 1 is 1.09 bits per heavy atom. The summed E-state index contributed by atoms with van der Waals surface area (Å²) < 4.78 is 11.9. The first-order valence-corrected chi connectivity index (χ1v) is 16.2. The predicted octanol–water partition coefficient (Wildman–Crippen LogP) is 4.78. The summed E-state index contributed by atoms with van der Waals surface area (Å²) >= 11 is 0. The van der Waals surface area contributed by atoms with Crippen molar-refractivity contribution in [2.24, 2.45) is 5.92 Å². The Labute approximate surface area is 258 Å². The first-order chi connectivity index (χ1) is 21.3. The average Bonchev–Trinajstić information content (AvgIpc) is 3.77. The monoisotopic (exact) mass is 592 g/mol. The Morgan fingerprint density at radius 3 is 2.64 bits per heavy atom. The molecule has 1 unspecified atom stereocenters. The van der Waals surface area contributed by atoms with E-state index in [1.165, 1.54) is 12.8 Å². The van der Waals surface area contributed by atoms with Crippen LogP contribution in [0.2, 0.25) is 0 Å². The molecule has 1 saturated heterocycles. The molecule has 0 radical (unpaired) electrons. The third-order valence-corrected chi connectivity index (χ3v) is 11.2. The van der Waals surface area contributed by atoms with Crippen molar-refractivity contribution in [3.63, 3.8) is 0 Å². The summed E-state index contributed by atoms with van der Waals surface area (Å²) in [4.78, 5) is 29.4. The number of nitrogens with zero attached hydrogens (tertiary/aromatic N) is 1. The van der Waals surface area contributed by atoms with E-state index in [-0.39, 0.29) is 17.7 Å². The number of hydrogen-bond acceptors (Lipinski definition) is 6. The summed E-state index contributed by atoms with van der Waals surface area (Å²) in [6.45, 7) is 4.39. The number of ether oxygens (including phenoxy) is 2. The molecule has 0 aromatic heterocycles. The Hall–Kier alpha value is -3.68. The summed E-state index contributed by atoms with van der Waals surface area (Å²) in [6, 6.07) is 18.5. The zero-order chi connectivity index (χ0) is 30.2. The quantitative estimate of drug-likeness (QED) is 0.392. The molecule has 2 bridgehead atoms. The third kappa shape index (κ3) is 4.08. The molecule has 1 spiro atoms.